The molecule has 1 aromatic carbocycles. The molecule has 1 atom stereocenters. The maximum Gasteiger partial charge on any atom is 0.252 e. The van der Waals surface area contributed by atoms with Gasteiger partial charge in [0.15, 0.2) is 0 Å². The topological polar surface area (TPSA) is 113 Å². The van der Waals surface area contributed by atoms with E-state index in [4.69, 9.17) is 4.74 Å². The van der Waals surface area contributed by atoms with Gasteiger partial charge in [0.1, 0.15) is 10.3 Å². The summed E-state index contributed by atoms with van der Waals surface area (Å²) in [5.41, 5.74) is 0. The van der Waals surface area contributed by atoms with Crippen LogP contribution in [0.2, 0.25) is 0 Å². The summed E-state index contributed by atoms with van der Waals surface area (Å²) in [5.74, 6) is -0.381. The number of nitrogens with zero attached hydrogens (tertiary/aromatic N) is 2. The number of amides is 1. The summed E-state index contributed by atoms with van der Waals surface area (Å²) in [6.07, 6.45) is 1.05. The summed E-state index contributed by atoms with van der Waals surface area (Å²) >= 11 is 1.10. The highest BCUT2D eigenvalue weighted by molar-refractivity contribution is 7.91. The van der Waals surface area contributed by atoms with Gasteiger partial charge in [-0.3, -0.25) is 4.79 Å². The Balaban J connectivity index is 1.41. The molecule has 2 aliphatic rings. The third-order valence-corrected chi connectivity index (χ3v) is 10.9. The number of sulfonamides is 2. The van der Waals surface area contributed by atoms with Gasteiger partial charge in [0.2, 0.25) is 15.9 Å². The fraction of sp³-hybridized carbons (Fsp3) is 0.450. The Hall–Kier alpha value is -1.83. The number of carbonyl (C=O) groups excluding carboxylic acids is 1. The minimum Gasteiger partial charge on any atom is -0.379 e. The Morgan fingerprint density at radius 1 is 1.00 bits per heavy atom. The largest absolute Gasteiger partial charge is 0.379 e. The Morgan fingerprint density at radius 3 is 2.44 bits per heavy atom. The van der Waals surface area contributed by atoms with Gasteiger partial charge in [-0.2, -0.15) is 8.61 Å². The van der Waals surface area contributed by atoms with Crippen LogP contribution in [0.1, 0.15) is 17.7 Å². The maximum atomic E-state index is 13.0. The van der Waals surface area contributed by atoms with E-state index in [0.29, 0.717) is 44.0 Å². The van der Waals surface area contributed by atoms with Crippen molar-refractivity contribution in [3.8, 4) is 0 Å². The highest BCUT2D eigenvalue weighted by Gasteiger charge is 2.39. The molecule has 0 aliphatic carbocycles. The molecule has 2 fully saturated rings. The number of hydrogen-bond donors (Lipinski definition) is 1. The Labute approximate surface area is 192 Å². The lowest BCUT2D eigenvalue weighted by molar-refractivity contribution is -0.124. The van der Waals surface area contributed by atoms with E-state index in [9.17, 15) is 21.6 Å². The van der Waals surface area contributed by atoms with Crippen LogP contribution >= 0.6 is 11.3 Å². The number of carbonyl (C=O) groups is 1. The number of rotatable bonds is 7. The quantitative estimate of drug-likeness (QED) is 0.613. The van der Waals surface area contributed by atoms with Crippen molar-refractivity contribution in [3.63, 3.8) is 0 Å². The lowest BCUT2D eigenvalue weighted by Gasteiger charge is -2.25. The lowest BCUT2D eigenvalue weighted by Crippen LogP contribution is -2.45. The van der Waals surface area contributed by atoms with Gasteiger partial charge in [-0.15, -0.1) is 11.3 Å². The molecule has 1 amide bonds. The standard InChI is InChI=1S/C20H25N3O6S3/c24-20(18-7-4-10-23(18)31(25,26)17-5-2-1-3-6-17)21-15-16-8-9-19(30-16)32(27,28)22-11-13-29-14-12-22/h1-3,5-6,8-9,18H,4,7,10-15H2,(H,21,24)/t18-/m1/s1. The number of hydrogen-bond acceptors (Lipinski definition) is 7. The first kappa shape index (κ1) is 23.3. The first-order valence-corrected chi connectivity index (χ1v) is 14.0. The van der Waals surface area contributed by atoms with Gasteiger partial charge in [-0.1, -0.05) is 18.2 Å². The summed E-state index contributed by atoms with van der Waals surface area (Å²) in [6.45, 7) is 1.81. The molecular formula is C20H25N3O6S3. The Kier molecular flexibility index (Phi) is 6.98. The molecule has 32 heavy (non-hydrogen) atoms. The van der Waals surface area contributed by atoms with E-state index in [1.807, 2.05) is 0 Å². The second kappa shape index (κ2) is 9.57. The van der Waals surface area contributed by atoms with E-state index in [2.05, 4.69) is 5.32 Å². The predicted molar refractivity (Wildman–Crippen MR) is 119 cm³/mol. The molecule has 2 saturated heterocycles. The van der Waals surface area contributed by atoms with Crippen molar-refractivity contribution < 1.29 is 26.4 Å². The van der Waals surface area contributed by atoms with Crippen LogP contribution in [0.25, 0.3) is 0 Å². The summed E-state index contributed by atoms with van der Waals surface area (Å²) < 4.78 is 59.5. The summed E-state index contributed by atoms with van der Waals surface area (Å²) in [6, 6.07) is 10.5. The van der Waals surface area contributed by atoms with Crippen molar-refractivity contribution >= 4 is 37.3 Å². The van der Waals surface area contributed by atoms with E-state index in [-0.39, 0.29) is 28.1 Å². The van der Waals surface area contributed by atoms with Crippen molar-refractivity contribution in [3.05, 3.63) is 47.3 Å². The van der Waals surface area contributed by atoms with Crippen molar-refractivity contribution in [2.24, 2.45) is 0 Å². The summed E-state index contributed by atoms with van der Waals surface area (Å²) in [5, 5.41) is 2.78. The normalized spacial score (nSPS) is 20.9. The molecule has 12 heteroatoms. The zero-order valence-electron chi connectivity index (χ0n) is 17.3. The number of thiophene rings is 1. The van der Waals surface area contributed by atoms with Crippen LogP contribution in [0.3, 0.4) is 0 Å². The van der Waals surface area contributed by atoms with Crippen molar-refractivity contribution in [2.45, 2.75) is 34.5 Å². The highest BCUT2D eigenvalue weighted by Crippen LogP contribution is 2.28. The average Bonchev–Trinajstić information content (AvgIpc) is 3.49. The summed E-state index contributed by atoms with van der Waals surface area (Å²) in [4.78, 5) is 13.6. The van der Waals surface area contributed by atoms with Gasteiger partial charge in [0.25, 0.3) is 10.0 Å². The molecule has 0 unspecified atom stereocenters. The molecule has 1 aromatic heterocycles. The second-order valence-corrected chi connectivity index (χ2v) is 12.8. The van der Waals surface area contributed by atoms with Gasteiger partial charge in [-0.25, -0.2) is 16.8 Å². The number of nitrogens with one attached hydrogen (secondary N) is 1. The SMILES string of the molecule is O=C(NCc1ccc(S(=O)(=O)N2CCOCC2)s1)[C@H]1CCCN1S(=O)(=O)c1ccccc1. The molecular weight excluding hydrogens is 474 g/mol. The van der Waals surface area contributed by atoms with Crippen LogP contribution in [-0.2, 0) is 36.1 Å². The molecule has 0 spiro atoms. The van der Waals surface area contributed by atoms with Crippen LogP contribution in [0.5, 0.6) is 0 Å². The van der Waals surface area contributed by atoms with Crippen LogP contribution in [-0.4, -0.2) is 70.2 Å². The smallest absolute Gasteiger partial charge is 0.252 e. The fourth-order valence-corrected chi connectivity index (χ4v) is 8.35. The highest BCUT2D eigenvalue weighted by atomic mass is 32.2. The molecule has 9 nitrogen and oxygen atoms in total. The van der Waals surface area contributed by atoms with Gasteiger partial charge >= 0.3 is 0 Å². The van der Waals surface area contributed by atoms with Crippen LogP contribution in [0.15, 0.2) is 51.6 Å². The van der Waals surface area contributed by atoms with Gasteiger partial charge in [0.05, 0.1) is 24.7 Å². The molecule has 0 bridgehead atoms. The minimum absolute atomic E-state index is 0.137. The molecule has 1 N–H and O–H groups in total. The van der Waals surface area contributed by atoms with E-state index in [1.165, 1.54) is 20.7 Å². The molecule has 2 aromatic rings. The first-order valence-electron chi connectivity index (χ1n) is 10.3. The molecule has 4 rings (SSSR count). The average molecular weight is 500 g/mol. The zero-order chi connectivity index (χ0) is 22.8. The van der Waals surface area contributed by atoms with E-state index in [0.717, 1.165) is 11.3 Å². The molecule has 0 saturated carbocycles. The number of morpholine rings is 1. The second-order valence-electron chi connectivity index (χ2n) is 7.54. The summed E-state index contributed by atoms with van der Waals surface area (Å²) in [7, 11) is -7.35. The molecule has 2 aliphatic heterocycles. The zero-order valence-corrected chi connectivity index (χ0v) is 19.8. The van der Waals surface area contributed by atoms with Gasteiger partial charge in [-0.05, 0) is 37.1 Å². The maximum absolute atomic E-state index is 13.0. The van der Waals surface area contributed by atoms with Gasteiger partial charge < -0.3 is 10.1 Å². The molecule has 3 heterocycles. The lowest BCUT2D eigenvalue weighted by atomic mass is 10.2. The van der Waals surface area contributed by atoms with Crippen LogP contribution in [0.4, 0.5) is 0 Å². The van der Waals surface area contributed by atoms with E-state index >= 15 is 0 Å². The van der Waals surface area contributed by atoms with Crippen molar-refractivity contribution in [2.75, 3.05) is 32.8 Å². The van der Waals surface area contributed by atoms with E-state index in [1.54, 1.807) is 30.3 Å². The Bertz CT molecular complexity index is 1160. The van der Waals surface area contributed by atoms with Crippen molar-refractivity contribution in [1.29, 1.82) is 0 Å². The van der Waals surface area contributed by atoms with Crippen molar-refractivity contribution in [1.82, 2.24) is 13.9 Å². The number of ether oxygens (including phenoxy) is 1. The van der Waals surface area contributed by atoms with Crippen LogP contribution < -0.4 is 5.32 Å². The third-order valence-electron chi connectivity index (χ3n) is 5.49. The predicted octanol–water partition coefficient (Wildman–Crippen LogP) is 1.24. The molecule has 0 radical (unpaired) electrons. The minimum atomic E-state index is -3.76. The monoisotopic (exact) mass is 499 g/mol. The first-order chi connectivity index (χ1) is 15.3. The van der Waals surface area contributed by atoms with E-state index < -0.39 is 26.1 Å². The molecule has 174 valence electrons. The van der Waals surface area contributed by atoms with Crippen LogP contribution in [0, 0.1) is 0 Å². The Morgan fingerprint density at radius 2 is 1.72 bits per heavy atom. The third kappa shape index (κ3) is 4.75. The number of benzene rings is 1. The van der Waals surface area contributed by atoms with Gasteiger partial charge in [0, 0.05) is 24.5 Å². The fourth-order valence-electron chi connectivity index (χ4n) is 3.82.